The van der Waals surface area contributed by atoms with Crippen LogP contribution in [-0.4, -0.2) is 24.2 Å². The number of rotatable bonds is 7. The molecule has 0 amide bonds. The van der Waals surface area contributed by atoms with Gasteiger partial charge in [-0.3, -0.25) is 0 Å². The van der Waals surface area contributed by atoms with Crippen molar-refractivity contribution in [1.82, 2.24) is 4.98 Å². The number of aryl methyl sites for hydroxylation is 1. The normalized spacial score (nSPS) is 11.6. The van der Waals surface area contributed by atoms with Crippen LogP contribution in [0.25, 0.3) is 10.9 Å². The molecule has 0 aliphatic rings. The smallest absolute Gasteiger partial charge is 0.419 e. The van der Waals surface area contributed by atoms with Gasteiger partial charge in [-0.15, -0.1) is 0 Å². The van der Waals surface area contributed by atoms with Gasteiger partial charge >= 0.3 is 12.1 Å². The Labute approximate surface area is 160 Å². The maximum absolute atomic E-state index is 13.0. The largest absolute Gasteiger partial charge is 0.493 e. The molecule has 0 bridgehead atoms. The van der Waals surface area contributed by atoms with Gasteiger partial charge in [-0.1, -0.05) is 30.3 Å². The van der Waals surface area contributed by atoms with Crippen LogP contribution in [0.2, 0.25) is 0 Å². The van der Waals surface area contributed by atoms with Gasteiger partial charge in [0.15, 0.2) is 0 Å². The molecule has 0 aliphatic heterocycles. The quantitative estimate of drug-likeness (QED) is 0.435. The van der Waals surface area contributed by atoms with Crippen molar-refractivity contribution < 1.29 is 27.4 Å². The van der Waals surface area contributed by atoms with Crippen LogP contribution in [0.4, 0.5) is 13.2 Å². The molecule has 2 aromatic carbocycles. The first-order chi connectivity index (χ1) is 13.4. The summed E-state index contributed by atoms with van der Waals surface area (Å²) in [4.78, 5) is 15.3. The topological polar surface area (TPSA) is 51.3 Å². The third kappa shape index (κ3) is 4.30. The lowest BCUT2D eigenvalue weighted by Gasteiger charge is -2.13. The van der Waals surface area contributed by atoms with E-state index >= 15 is 0 Å². The minimum absolute atomic E-state index is 0.0921. The molecule has 0 spiro atoms. The average molecular weight is 391 g/mol. The van der Waals surface area contributed by atoms with E-state index in [0.29, 0.717) is 18.5 Å². The lowest BCUT2D eigenvalue weighted by molar-refractivity contribution is -0.138. The molecule has 28 heavy (non-hydrogen) atoms. The predicted molar refractivity (Wildman–Crippen MR) is 99.5 cm³/mol. The Kier molecular flexibility index (Phi) is 5.92. The Hall–Kier alpha value is -2.96. The van der Waals surface area contributed by atoms with E-state index in [1.165, 1.54) is 18.2 Å². The number of halogens is 3. The summed E-state index contributed by atoms with van der Waals surface area (Å²) in [5, 5.41) is 0.890. The molecule has 148 valence electrons. The Morgan fingerprint density at radius 3 is 2.54 bits per heavy atom. The van der Waals surface area contributed by atoms with E-state index in [9.17, 15) is 18.0 Å². The van der Waals surface area contributed by atoms with Crippen molar-refractivity contribution in [2.75, 3.05) is 13.2 Å². The van der Waals surface area contributed by atoms with Crippen molar-refractivity contribution in [1.29, 1.82) is 0 Å². The summed E-state index contributed by atoms with van der Waals surface area (Å²) in [7, 11) is 0. The zero-order valence-corrected chi connectivity index (χ0v) is 15.3. The van der Waals surface area contributed by atoms with Crippen LogP contribution in [0.1, 0.15) is 35.0 Å². The van der Waals surface area contributed by atoms with E-state index in [2.05, 4.69) is 4.98 Å². The number of H-pyrrole nitrogens is 1. The Morgan fingerprint density at radius 1 is 1.07 bits per heavy atom. The number of aromatic amines is 1. The molecule has 0 unspecified atom stereocenters. The molecular formula is C21H20F3NO3. The van der Waals surface area contributed by atoms with E-state index in [1.807, 2.05) is 24.3 Å². The number of fused-ring (bicyclic) bond motifs is 1. The van der Waals surface area contributed by atoms with Crippen molar-refractivity contribution in [2.24, 2.45) is 0 Å². The molecule has 0 atom stereocenters. The number of aromatic nitrogens is 1. The molecule has 3 aromatic rings. The van der Waals surface area contributed by atoms with Gasteiger partial charge in [0, 0.05) is 10.9 Å². The number of hydrogen-bond donors (Lipinski definition) is 1. The van der Waals surface area contributed by atoms with Crippen LogP contribution in [0.5, 0.6) is 5.75 Å². The van der Waals surface area contributed by atoms with Gasteiger partial charge in [-0.25, -0.2) is 4.79 Å². The number of carbonyl (C=O) groups excluding carboxylic acids is 1. The number of ether oxygens (including phenoxy) is 2. The van der Waals surface area contributed by atoms with Gasteiger partial charge in [0.25, 0.3) is 0 Å². The Morgan fingerprint density at radius 2 is 1.79 bits per heavy atom. The fourth-order valence-electron chi connectivity index (χ4n) is 3.09. The summed E-state index contributed by atoms with van der Waals surface area (Å²) in [6, 6.07) is 12.6. The van der Waals surface area contributed by atoms with Gasteiger partial charge in [0.1, 0.15) is 11.4 Å². The fourth-order valence-corrected chi connectivity index (χ4v) is 3.09. The fraction of sp³-hybridized carbons (Fsp3) is 0.286. The second kappa shape index (κ2) is 8.37. The first-order valence-corrected chi connectivity index (χ1v) is 8.97. The summed E-state index contributed by atoms with van der Waals surface area (Å²) in [5.74, 6) is -0.642. The first-order valence-electron chi connectivity index (χ1n) is 8.97. The van der Waals surface area contributed by atoms with E-state index in [0.717, 1.165) is 22.5 Å². The standard InChI is InChI=1S/C21H20F3NO3/c1-2-27-20(26)19-15(14-8-3-5-11-17(14)25-19)9-7-13-28-18-12-6-4-10-16(18)21(22,23)24/h3-6,8,10-12,25H,2,7,9,13H2,1H3. The molecule has 4 nitrogen and oxygen atoms in total. The third-order valence-corrected chi connectivity index (χ3v) is 4.31. The Balaban J connectivity index is 1.73. The van der Waals surface area contributed by atoms with Gasteiger partial charge in [0.2, 0.25) is 0 Å². The molecule has 0 aliphatic carbocycles. The van der Waals surface area contributed by atoms with Gasteiger partial charge in [0.05, 0.1) is 18.8 Å². The van der Waals surface area contributed by atoms with Crippen LogP contribution < -0.4 is 4.74 Å². The van der Waals surface area contributed by atoms with Crippen molar-refractivity contribution in [2.45, 2.75) is 25.9 Å². The van der Waals surface area contributed by atoms with Gasteiger partial charge in [-0.05, 0) is 43.5 Å². The highest BCUT2D eigenvalue weighted by Crippen LogP contribution is 2.36. The number of alkyl halides is 3. The maximum atomic E-state index is 13.0. The van der Waals surface area contributed by atoms with Crippen LogP contribution in [-0.2, 0) is 17.3 Å². The summed E-state index contributed by atoms with van der Waals surface area (Å²) in [6.07, 6.45) is -3.56. The van der Waals surface area contributed by atoms with Crippen molar-refractivity contribution >= 4 is 16.9 Å². The van der Waals surface area contributed by atoms with Crippen LogP contribution in [0.15, 0.2) is 48.5 Å². The van der Waals surface area contributed by atoms with Crippen molar-refractivity contribution in [3.05, 3.63) is 65.4 Å². The number of benzene rings is 2. The van der Waals surface area contributed by atoms with E-state index in [4.69, 9.17) is 9.47 Å². The van der Waals surface area contributed by atoms with Crippen molar-refractivity contribution in [3.8, 4) is 5.75 Å². The highest BCUT2D eigenvalue weighted by molar-refractivity contribution is 5.98. The monoisotopic (exact) mass is 391 g/mol. The molecule has 1 aromatic heterocycles. The van der Waals surface area contributed by atoms with E-state index in [1.54, 1.807) is 6.92 Å². The molecule has 0 saturated heterocycles. The van der Waals surface area contributed by atoms with Crippen LogP contribution >= 0.6 is 0 Å². The molecule has 1 heterocycles. The number of hydrogen-bond acceptors (Lipinski definition) is 3. The van der Waals surface area contributed by atoms with E-state index in [-0.39, 0.29) is 19.0 Å². The second-order valence-corrected chi connectivity index (χ2v) is 6.19. The third-order valence-electron chi connectivity index (χ3n) is 4.31. The SMILES string of the molecule is CCOC(=O)c1[nH]c2ccccc2c1CCCOc1ccccc1C(F)(F)F. The lowest BCUT2D eigenvalue weighted by atomic mass is 10.1. The molecule has 0 radical (unpaired) electrons. The minimum Gasteiger partial charge on any atom is -0.493 e. The second-order valence-electron chi connectivity index (χ2n) is 6.19. The number of esters is 1. The van der Waals surface area contributed by atoms with Gasteiger partial charge < -0.3 is 14.5 Å². The summed E-state index contributed by atoms with van der Waals surface area (Å²) in [5.41, 5.74) is 1.17. The molecule has 1 N–H and O–H groups in total. The molecule has 7 heteroatoms. The minimum atomic E-state index is -4.47. The molecule has 3 rings (SSSR count). The molecule has 0 fully saturated rings. The maximum Gasteiger partial charge on any atom is 0.419 e. The Bertz CT molecular complexity index is 963. The summed E-state index contributed by atoms with van der Waals surface area (Å²) >= 11 is 0. The van der Waals surface area contributed by atoms with Crippen LogP contribution in [0.3, 0.4) is 0 Å². The van der Waals surface area contributed by atoms with Crippen LogP contribution in [0, 0.1) is 0 Å². The zero-order valence-electron chi connectivity index (χ0n) is 15.3. The zero-order chi connectivity index (χ0) is 20.1. The summed E-state index contributed by atoms with van der Waals surface area (Å²) in [6.45, 7) is 2.08. The highest BCUT2D eigenvalue weighted by atomic mass is 19.4. The molecule has 0 saturated carbocycles. The number of nitrogens with one attached hydrogen (secondary N) is 1. The predicted octanol–water partition coefficient (Wildman–Crippen LogP) is 5.38. The first kappa shape index (κ1) is 19.8. The lowest BCUT2D eigenvalue weighted by Crippen LogP contribution is -2.10. The van der Waals surface area contributed by atoms with Crippen molar-refractivity contribution in [3.63, 3.8) is 0 Å². The molecular weight excluding hydrogens is 371 g/mol. The van der Waals surface area contributed by atoms with Gasteiger partial charge in [-0.2, -0.15) is 13.2 Å². The average Bonchev–Trinajstić information content (AvgIpc) is 3.04. The van der Waals surface area contributed by atoms with E-state index < -0.39 is 17.7 Å². The highest BCUT2D eigenvalue weighted by Gasteiger charge is 2.33. The summed E-state index contributed by atoms with van der Waals surface area (Å²) < 4.78 is 49.6. The number of para-hydroxylation sites is 2. The number of carbonyl (C=O) groups is 1.